The molecule has 3 aliphatic rings. The third kappa shape index (κ3) is 5.61. The van der Waals surface area contributed by atoms with Gasteiger partial charge in [0, 0.05) is 31.5 Å². The molecule has 0 aromatic heterocycles. The van der Waals surface area contributed by atoms with Gasteiger partial charge in [0.15, 0.2) is 0 Å². The number of rotatable bonds is 6. The Morgan fingerprint density at radius 3 is 2.45 bits per heavy atom. The van der Waals surface area contributed by atoms with Gasteiger partial charge in [-0.05, 0) is 85.4 Å². The van der Waals surface area contributed by atoms with E-state index in [9.17, 15) is 4.79 Å². The zero-order chi connectivity index (χ0) is 26.6. The molecule has 198 valence electrons. The number of aryl methyl sites for hydroxylation is 1. The molecule has 1 N–H and O–H groups in total. The quantitative estimate of drug-likeness (QED) is 0.421. The third-order valence-corrected chi connectivity index (χ3v) is 8.50. The molecule has 0 saturated carbocycles. The van der Waals surface area contributed by atoms with Crippen LogP contribution >= 0.6 is 11.6 Å². The molecule has 0 spiro atoms. The van der Waals surface area contributed by atoms with E-state index in [-0.39, 0.29) is 11.8 Å². The molecule has 1 unspecified atom stereocenters. The SMILES string of the molecule is CCC1=C(C(=O)NCc2ccc(N3CCC(c4ccc(C)cc4)CC3)cc2)N2C=CC=C(Cl)C2=CCC1C. The highest BCUT2D eigenvalue weighted by Gasteiger charge is 2.29. The van der Waals surface area contributed by atoms with Gasteiger partial charge in [0.1, 0.15) is 5.70 Å². The number of benzene rings is 2. The van der Waals surface area contributed by atoms with Crippen LogP contribution in [0.5, 0.6) is 0 Å². The number of piperidine rings is 1. The van der Waals surface area contributed by atoms with Crippen molar-refractivity contribution in [1.82, 2.24) is 10.2 Å². The van der Waals surface area contributed by atoms with E-state index in [0.29, 0.717) is 23.2 Å². The summed E-state index contributed by atoms with van der Waals surface area (Å²) in [6, 6.07) is 17.7. The van der Waals surface area contributed by atoms with Crippen LogP contribution in [0.2, 0.25) is 0 Å². The summed E-state index contributed by atoms with van der Waals surface area (Å²) in [5, 5.41) is 3.85. The van der Waals surface area contributed by atoms with Gasteiger partial charge in [0.2, 0.25) is 0 Å². The van der Waals surface area contributed by atoms with Crippen LogP contribution in [0.4, 0.5) is 5.69 Å². The van der Waals surface area contributed by atoms with E-state index < -0.39 is 0 Å². The number of nitrogens with zero attached hydrogens (tertiary/aromatic N) is 2. The van der Waals surface area contributed by atoms with Crippen molar-refractivity contribution in [3.8, 4) is 0 Å². The molecule has 5 rings (SSSR count). The molecule has 5 heteroatoms. The zero-order valence-corrected chi connectivity index (χ0v) is 23.5. The van der Waals surface area contributed by atoms with Crippen LogP contribution in [-0.4, -0.2) is 23.9 Å². The largest absolute Gasteiger partial charge is 0.371 e. The van der Waals surface area contributed by atoms with E-state index >= 15 is 0 Å². The van der Waals surface area contributed by atoms with Gasteiger partial charge in [-0.2, -0.15) is 0 Å². The van der Waals surface area contributed by atoms with Crippen LogP contribution < -0.4 is 10.2 Å². The highest BCUT2D eigenvalue weighted by molar-refractivity contribution is 6.32. The second kappa shape index (κ2) is 11.7. The first-order chi connectivity index (χ1) is 18.4. The van der Waals surface area contributed by atoms with Gasteiger partial charge in [-0.15, -0.1) is 0 Å². The van der Waals surface area contributed by atoms with Crippen molar-refractivity contribution in [2.45, 2.75) is 58.9 Å². The van der Waals surface area contributed by atoms with Crippen LogP contribution in [0.1, 0.15) is 62.1 Å². The Balaban J connectivity index is 1.21. The highest BCUT2D eigenvalue weighted by atomic mass is 35.5. The lowest BCUT2D eigenvalue weighted by Gasteiger charge is -2.34. The van der Waals surface area contributed by atoms with Crippen molar-refractivity contribution >= 4 is 23.2 Å². The lowest BCUT2D eigenvalue weighted by Crippen LogP contribution is -2.34. The normalized spacial score (nSPS) is 20.1. The Bertz CT molecular complexity index is 1280. The summed E-state index contributed by atoms with van der Waals surface area (Å²) in [4.78, 5) is 18.0. The second-order valence-electron chi connectivity index (χ2n) is 10.7. The van der Waals surface area contributed by atoms with Crippen molar-refractivity contribution in [1.29, 1.82) is 0 Å². The summed E-state index contributed by atoms with van der Waals surface area (Å²) in [5.74, 6) is 0.872. The standard InChI is InChI=1S/C33H38ClN3O/c1-4-29-24(3)9-16-31-30(34)6-5-19-37(31)32(29)33(38)35-22-25-10-14-28(15-11-25)36-20-17-27(18-21-36)26-12-7-23(2)8-13-26/h5-8,10-16,19,24,27H,4,9,17-18,20-22H2,1-3H3,(H,35,38). The number of hydrogen-bond acceptors (Lipinski definition) is 3. The number of nitrogens with one attached hydrogen (secondary N) is 1. The molecule has 2 aromatic rings. The van der Waals surface area contributed by atoms with Gasteiger partial charge in [-0.1, -0.05) is 73.5 Å². The minimum atomic E-state index is -0.0558. The lowest BCUT2D eigenvalue weighted by molar-refractivity contribution is -0.118. The number of allylic oxidation sites excluding steroid dienone is 5. The van der Waals surface area contributed by atoms with Gasteiger partial charge in [-0.25, -0.2) is 0 Å². The number of hydrogen-bond donors (Lipinski definition) is 1. The summed E-state index contributed by atoms with van der Waals surface area (Å²) < 4.78 is 0. The molecule has 0 bridgehead atoms. The van der Waals surface area contributed by atoms with Gasteiger partial charge in [-0.3, -0.25) is 4.79 Å². The summed E-state index contributed by atoms with van der Waals surface area (Å²) in [5.41, 5.74) is 7.90. The molecular formula is C33H38ClN3O. The maximum absolute atomic E-state index is 13.5. The molecule has 3 aliphatic heterocycles. The number of anilines is 1. The van der Waals surface area contributed by atoms with Crippen molar-refractivity contribution in [3.63, 3.8) is 0 Å². The monoisotopic (exact) mass is 527 g/mol. The Morgan fingerprint density at radius 2 is 1.76 bits per heavy atom. The van der Waals surface area contributed by atoms with Crippen molar-refractivity contribution in [3.05, 3.63) is 112 Å². The minimum Gasteiger partial charge on any atom is -0.371 e. The predicted molar refractivity (Wildman–Crippen MR) is 158 cm³/mol. The highest BCUT2D eigenvalue weighted by Crippen LogP contribution is 2.36. The predicted octanol–water partition coefficient (Wildman–Crippen LogP) is 7.54. The number of carbonyl (C=O) groups is 1. The van der Waals surface area contributed by atoms with Crippen LogP contribution in [0, 0.1) is 12.8 Å². The van der Waals surface area contributed by atoms with Gasteiger partial charge in [0.05, 0.1) is 10.7 Å². The number of carbonyl (C=O) groups excluding carboxylic acids is 1. The molecule has 4 nitrogen and oxygen atoms in total. The smallest absolute Gasteiger partial charge is 0.268 e. The van der Waals surface area contributed by atoms with Crippen LogP contribution in [-0.2, 0) is 11.3 Å². The fourth-order valence-corrected chi connectivity index (χ4v) is 6.12. The van der Waals surface area contributed by atoms with E-state index in [1.54, 1.807) is 0 Å². The van der Waals surface area contributed by atoms with Gasteiger partial charge >= 0.3 is 0 Å². The van der Waals surface area contributed by atoms with Crippen LogP contribution in [0.3, 0.4) is 0 Å². The number of halogens is 1. The Kier molecular flexibility index (Phi) is 8.09. The molecule has 3 heterocycles. The zero-order valence-electron chi connectivity index (χ0n) is 22.7. The topological polar surface area (TPSA) is 35.6 Å². The molecule has 1 atom stereocenters. The van der Waals surface area contributed by atoms with E-state index in [4.69, 9.17) is 11.6 Å². The summed E-state index contributed by atoms with van der Waals surface area (Å²) >= 11 is 6.51. The molecular weight excluding hydrogens is 490 g/mol. The molecule has 0 radical (unpaired) electrons. The second-order valence-corrected chi connectivity index (χ2v) is 11.1. The number of fused-ring (bicyclic) bond motifs is 1. The molecule has 38 heavy (non-hydrogen) atoms. The Labute approximate surface area is 232 Å². The molecule has 0 aliphatic carbocycles. The summed E-state index contributed by atoms with van der Waals surface area (Å²) in [7, 11) is 0. The van der Waals surface area contributed by atoms with Gasteiger partial charge < -0.3 is 15.1 Å². The Hall–Kier alpha value is -3.24. The van der Waals surface area contributed by atoms with Crippen molar-refractivity contribution < 1.29 is 4.79 Å². The van der Waals surface area contributed by atoms with Gasteiger partial charge in [0.25, 0.3) is 5.91 Å². The maximum Gasteiger partial charge on any atom is 0.268 e. The van der Waals surface area contributed by atoms with E-state index in [0.717, 1.165) is 42.8 Å². The first-order valence-electron chi connectivity index (χ1n) is 13.9. The lowest BCUT2D eigenvalue weighted by atomic mass is 9.89. The fraction of sp³-hybridized carbons (Fsp3) is 0.364. The van der Waals surface area contributed by atoms with Crippen LogP contribution in [0.25, 0.3) is 0 Å². The first kappa shape index (κ1) is 26.4. The number of amides is 1. The first-order valence-corrected chi connectivity index (χ1v) is 14.3. The molecule has 1 amide bonds. The van der Waals surface area contributed by atoms with Crippen molar-refractivity contribution in [2.75, 3.05) is 18.0 Å². The summed E-state index contributed by atoms with van der Waals surface area (Å²) in [6.45, 7) is 9.08. The van der Waals surface area contributed by atoms with E-state index in [1.165, 1.54) is 29.7 Å². The maximum atomic E-state index is 13.5. The molecule has 2 aromatic carbocycles. The summed E-state index contributed by atoms with van der Waals surface area (Å²) in [6.07, 6.45) is 11.9. The minimum absolute atomic E-state index is 0.0558. The third-order valence-electron chi connectivity index (χ3n) is 8.18. The average Bonchev–Trinajstić information content (AvgIpc) is 3.09. The van der Waals surface area contributed by atoms with Crippen LogP contribution in [0.15, 0.2) is 95.0 Å². The fourth-order valence-electron chi connectivity index (χ4n) is 5.88. The van der Waals surface area contributed by atoms with Crippen molar-refractivity contribution in [2.24, 2.45) is 5.92 Å². The molecule has 1 fully saturated rings. The van der Waals surface area contributed by atoms with E-state index in [1.807, 2.05) is 23.3 Å². The Morgan fingerprint density at radius 1 is 1.05 bits per heavy atom. The van der Waals surface area contributed by atoms with E-state index in [2.05, 4.69) is 85.6 Å². The average molecular weight is 528 g/mol. The molecule has 1 saturated heterocycles.